The monoisotopic (exact) mass is 348 g/mol. The van der Waals surface area contributed by atoms with Crippen molar-refractivity contribution in [1.29, 1.82) is 5.26 Å². The van der Waals surface area contributed by atoms with E-state index in [-0.39, 0.29) is 11.6 Å². The quantitative estimate of drug-likeness (QED) is 0.890. The fraction of sp³-hybridized carbons (Fsp3) is 0.375. The first kappa shape index (κ1) is 17.0. The van der Waals surface area contributed by atoms with Crippen LogP contribution in [-0.2, 0) is 6.18 Å². The van der Waals surface area contributed by atoms with Crippen LogP contribution in [0, 0.1) is 11.3 Å². The minimum Gasteiger partial charge on any atom is -0.368 e. The topological polar surface area (TPSA) is 90.1 Å². The maximum atomic E-state index is 13.1. The molecule has 0 saturated heterocycles. The number of hydrogen-bond donors (Lipinski definition) is 1. The Morgan fingerprint density at radius 2 is 2.16 bits per heavy atom. The van der Waals surface area contributed by atoms with Gasteiger partial charge in [-0.2, -0.15) is 28.5 Å². The summed E-state index contributed by atoms with van der Waals surface area (Å²) in [4.78, 5) is 8.50. The molecule has 2 heterocycles. The van der Waals surface area contributed by atoms with E-state index in [1.54, 1.807) is 11.1 Å². The van der Waals surface area contributed by atoms with Crippen LogP contribution in [0.15, 0.2) is 33.3 Å². The Morgan fingerprint density at radius 1 is 1.44 bits per heavy atom. The lowest BCUT2D eigenvalue weighted by Crippen LogP contribution is -2.47. The van der Waals surface area contributed by atoms with Crippen molar-refractivity contribution in [2.75, 3.05) is 0 Å². The largest absolute Gasteiger partial charge is 0.417 e. The van der Waals surface area contributed by atoms with Gasteiger partial charge in [-0.25, -0.2) is 10.0 Å². The lowest BCUT2D eigenvalue weighted by atomic mass is 9.90. The highest BCUT2D eigenvalue weighted by molar-refractivity contribution is 6.12. The zero-order chi connectivity index (χ0) is 18.4. The van der Waals surface area contributed by atoms with E-state index in [9.17, 15) is 13.2 Å². The van der Waals surface area contributed by atoms with Gasteiger partial charge in [0.05, 0.1) is 22.9 Å². The minimum absolute atomic E-state index is 0.0668. The van der Waals surface area contributed by atoms with Crippen molar-refractivity contribution in [2.45, 2.75) is 38.4 Å². The van der Waals surface area contributed by atoms with Crippen molar-refractivity contribution in [2.24, 2.45) is 20.8 Å². The molecule has 2 aliphatic rings. The third-order valence-corrected chi connectivity index (χ3v) is 4.33. The Bertz CT molecular complexity index is 862. The SMILES string of the molecule is CCC12CC(C)=NN1C(N)=N/C2=N\c1ccc(C#N)c(C(F)(F)F)c1. The van der Waals surface area contributed by atoms with Gasteiger partial charge >= 0.3 is 6.18 Å². The molecule has 1 unspecified atom stereocenters. The van der Waals surface area contributed by atoms with E-state index >= 15 is 0 Å². The standard InChI is InChI=1S/C16H15F3N6/c1-3-15-7-9(2)24-25(15)14(21)23-13(15)22-11-5-4-10(8-20)12(6-11)16(17,18)19/h4-6H,3,7H2,1-2H3,(H2,21,22,23). The van der Waals surface area contributed by atoms with Gasteiger partial charge in [0.15, 0.2) is 5.84 Å². The maximum absolute atomic E-state index is 13.1. The number of amidine groups is 1. The summed E-state index contributed by atoms with van der Waals surface area (Å²) < 4.78 is 39.4. The number of nitriles is 1. The van der Waals surface area contributed by atoms with Crippen LogP contribution in [0.2, 0.25) is 0 Å². The summed E-state index contributed by atoms with van der Waals surface area (Å²) in [6.07, 6.45) is -3.49. The molecule has 9 heteroatoms. The Balaban J connectivity index is 2.09. The van der Waals surface area contributed by atoms with Gasteiger partial charge in [-0.3, -0.25) is 0 Å². The van der Waals surface area contributed by atoms with Crippen LogP contribution in [0.4, 0.5) is 18.9 Å². The van der Waals surface area contributed by atoms with E-state index in [2.05, 4.69) is 15.1 Å². The van der Waals surface area contributed by atoms with Gasteiger partial charge in [-0.1, -0.05) is 6.92 Å². The number of hydrogen-bond acceptors (Lipinski definition) is 5. The van der Waals surface area contributed by atoms with Gasteiger partial charge in [-0.15, -0.1) is 0 Å². The molecular formula is C16H15F3N6. The highest BCUT2D eigenvalue weighted by Gasteiger charge is 2.51. The molecule has 6 nitrogen and oxygen atoms in total. The van der Waals surface area contributed by atoms with Crippen molar-refractivity contribution < 1.29 is 13.2 Å². The summed E-state index contributed by atoms with van der Waals surface area (Å²) in [6.45, 7) is 3.77. The van der Waals surface area contributed by atoms with Gasteiger partial charge in [0.2, 0.25) is 5.96 Å². The molecule has 0 aromatic heterocycles. The van der Waals surface area contributed by atoms with Gasteiger partial charge < -0.3 is 5.73 Å². The third kappa shape index (κ3) is 2.63. The number of rotatable bonds is 2. The number of aliphatic imine (C=N–C) groups is 2. The normalized spacial score (nSPS) is 24.2. The zero-order valence-corrected chi connectivity index (χ0v) is 13.6. The Labute approximate surface area is 142 Å². The molecular weight excluding hydrogens is 333 g/mol. The average Bonchev–Trinajstić information content (AvgIpc) is 3.01. The number of guanidine groups is 1. The van der Waals surface area contributed by atoms with Crippen molar-refractivity contribution >= 4 is 23.2 Å². The third-order valence-electron chi connectivity index (χ3n) is 4.33. The molecule has 0 aliphatic carbocycles. The molecule has 0 fully saturated rings. The molecule has 0 amide bonds. The lowest BCUT2D eigenvalue weighted by molar-refractivity contribution is -0.137. The zero-order valence-electron chi connectivity index (χ0n) is 13.6. The Kier molecular flexibility index (Phi) is 3.78. The van der Waals surface area contributed by atoms with Crippen LogP contribution in [0.1, 0.15) is 37.8 Å². The van der Waals surface area contributed by atoms with E-state index in [4.69, 9.17) is 11.0 Å². The first-order valence-electron chi connectivity index (χ1n) is 7.60. The van der Waals surface area contributed by atoms with Crippen molar-refractivity contribution in [3.8, 4) is 6.07 Å². The van der Waals surface area contributed by atoms with Crippen LogP contribution < -0.4 is 5.73 Å². The minimum atomic E-state index is -4.64. The smallest absolute Gasteiger partial charge is 0.368 e. The molecule has 0 saturated carbocycles. The van der Waals surface area contributed by atoms with E-state index in [1.807, 2.05) is 13.8 Å². The Hall–Kier alpha value is -2.89. The van der Waals surface area contributed by atoms with Crippen LogP contribution in [0.3, 0.4) is 0 Å². The van der Waals surface area contributed by atoms with Crippen molar-refractivity contribution in [1.82, 2.24) is 5.01 Å². The Morgan fingerprint density at radius 3 is 2.76 bits per heavy atom. The number of nitrogens with two attached hydrogens (primary N) is 1. The average molecular weight is 348 g/mol. The molecule has 0 spiro atoms. The van der Waals surface area contributed by atoms with Gasteiger partial charge in [0.25, 0.3) is 0 Å². The molecule has 1 aromatic rings. The van der Waals surface area contributed by atoms with Gasteiger partial charge in [-0.05, 0) is 31.5 Å². The summed E-state index contributed by atoms with van der Waals surface area (Å²) >= 11 is 0. The maximum Gasteiger partial charge on any atom is 0.417 e. The summed E-state index contributed by atoms with van der Waals surface area (Å²) in [6, 6.07) is 4.87. The summed E-state index contributed by atoms with van der Waals surface area (Å²) in [7, 11) is 0. The van der Waals surface area contributed by atoms with Gasteiger partial charge in [0.1, 0.15) is 5.54 Å². The first-order chi connectivity index (χ1) is 11.7. The van der Waals surface area contributed by atoms with Crippen LogP contribution >= 0.6 is 0 Å². The second-order valence-electron chi connectivity index (χ2n) is 5.95. The van der Waals surface area contributed by atoms with Gasteiger partial charge in [0, 0.05) is 12.1 Å². The predicted octanol–water partition coefficient (Wildman–Crippen LogP) is 3.17. The fourth-order valence-electron chi connectivity index (χ4n) is 3.12. The van der Waals surface area contributed by atoms with E-state index in [1.165, 1.54) is 6.07 Å². The molecule has 0 radical (unpaired) electrons. The number of halogens is 3. The molecule has 2 N–H and O–H groups in total. The second kappa shape index (κ2) is 5.58. The molecule has 0 bridgehead atoms. The van der Waals surface area contributed by atoms with Crippen LogP contribution in [0.25, 0.3) is 0 Å². The number of fused-ring (bicyclic) bond motifs is 1. The molecule has 1 atom stereocenters. The number of alkyl halides is 3. The first-order valence-corrected chi connectivity index (χ1v) is 7.60. The molecule has 1 aromatic carbocycles. The molecule has 130 valence electrons. The molecule has 25 heavy (non-hydrogen) atoms. The number of benzene rings is 1. The van der Waals surface area contributed by atoms with Crippen molar-refractivity contribution in [3.63, 3.8) is 0 Å². The summed E-state index contributed by atoms with van der Waals surface area (Å²) in [5.74, 6) is 0.494. The van der Waals surface area contributed by atoms with E-state index in [0.29, 0.717) is 18.7 Å². The molecule has 3 rings (SSSR count). The highest BCUT2D eigenvalue weighted by atomic mass is 19.4. The fourth-order valence-corrected chi connectivity index (χ4v) is 3.12. The van der Waals surface area contributed by atoms with Crippen LogP contribution in [-0.4, -0.2) is 28.1 Å². The lowest BCUT2D eigenvalue weighted by Gasteiger charge is -2.28. The number of nitrogens with zero attached hydrogens (tertiary/aromatic N) is 5. The van der Waals surface area contributed by atoms with Crippen molar-refractivity contribution in [3.05, 3.63) is 29.3 Å². The summed E-state index contributed by atoms with van der Waals surface area (Å²) in [5, 5.41) is 14.8. The second-order valence-corrected chi connectivity index (χ2v) is 5.95. The molecule has 2 aliphatic heterocycles. The van der Waals surface area contributed by atoms with Crippen LogP contribution in [0.5, 0.6) is 0 Å². The predicted molar refractivity (Wildman–Crippen MR) is 87.5 cm³/mol. The summed E-state index contributed by atoms with van der Waals surface area (Å²) in [5.41, 5.74) is 4.68. The number of hydrazone groups is 1. The highest BCUT2D eigenvalue weighted by Crippen LogP contribution is 2.39. The van der Waals surface area contributed by atoms with E-state index < -0.39 is 22.8 Å². The van der Waals surface area contributed by atoms with E-state index in [0.717, 1.165) is 17.8 Å².